The summed E-state index contributed by atoms with van der Waals surface area (Å²) in [5.74, 6) is 0. The van der Waals surface area contributed by atoms with Gasteiger partial charge in [0, 0.05) is 27.1 Å². The van der Waals surface area contributed by atoms with Crippen molar-refractivity contribution in [1.29, 1.82) is 36.8 Å². The maximum Gasteiger partial charge on any atom is 0.0998 e. The lowest BCUT2D eigenvalue weighted by atomic mass is 9.95. The number of benzene rings is 8. The molecule has 0 N–H and O–H groups in total. The average Bonchev–Trinajstić information content (AvgIpc) is 3.87. The molecule has 0 atom stereocenters. The van der Waals surface area contributed by atoms with Crippen LogP contribution in [0.5, 0.6) is 0 Å². The van der Waals surface area contributed by atoms with E-state index in [1.807, 2.05) is 97.1 Å². The highest BCUT2D eigenvalue weighted by molar-refractivity contribution is 6.13. The van der Waals surface area contributed by atoms with E-state index >= 15 is 0 Å². The van der Waals surface area contributed by atoms with E-state index in [9.17, 15) is 36.8 Å². The van der Waals surface area contributed by atoms with Crippen molar-refractivity contribution in [2.75, 3.05) is 0 Å². The fourth-order valence-corrected chi connectivity index (χ4v) is 8.94. The Labute approximate surface area is 366 Å². The summed E-state index contributed by atoms with van der Waals surface area (Å²) in [6.07, 6.45) is 0. The summed E-state index contributed by atoms with van der Waals surface area (Å²) in [6, 6.07) is 62.3. The van der Waals surface area contributed by atoms with Gasteiger partial charge in [-0.25, -0.2) is 0 Å². The summed E-state index contributed by atoms with van der Waals surface area (Å²) in [7, 11) is 0. The van der Waals surface area contributed by atoms with Crippen LogP contribution in [0, 0.1) is 79.3 Å². The van der Waals surface area contributed by atoms with Crippen molar-refractivity contribution in [3.63, 3.8) is 0 Å². The number of hydrogen-bond acceptors (Lipinski definition) is 7. The first-order chi connectivity index (χ1) is 31.4. The Hall–Kier alpha value is -10.2. The van der Waals surface area contributed by atoms with Gasteiger partial charge in [0.25, 0.3) is 0 Å². The van der Waals surface area contributed by atoms with Gasteiger partial charge in [0.15, 0.2) is 0 Å². The fraction of sp³-hybridized carbons (Fsp3) is 0. The molecule has 290 valence electrons. The SMILES string of the molecule is N#Cc1cc(C#N)cc(-c2c(-n3c4ccccc4c4cc(-c5ccc(C#N)cc5C#N)ccc43)cc(C#N)cc2-n2c3ccccc3c3cc(-c4ccc(C#N)cc4C#N)ccc32)c1. The first-order valence-corrected chi connectivity index (χ1v) is 19.9. The molecule has 0 bridgehead atoms. The molecule has 0 radical (unpaired) electrons. The van der Waals surface area contributed by atoms with Gasteiger partial charge in [-0.15, -0.1) is 0 Å². The molecule has 0 unspecified atom stereocenters. The molecule has 0 fully saturated rings. The molecule has 8 aromatic carbocycles. The topological polar surface area (TPSA) is 176 Å². The van der Waals surface area contributed by atoms with E-state index in [-0.39, 0.29) is 0 Å². The van der Waals surface area contributed by atoms with Crippen LogP contribution in [0.1, 0.15) is 38.9 Å². The quantitative estimate of drug-likeness (QED) is 0.166. The Morgan fingerprint density at radius 1 is 0.297 bits per heavy atom. The van der Waals surface area contributed by atoms with Crippen LogP contribution in [0.15, 0.2) is 152 Å². The molecule has 0 saturated heterocycles. The minimum absolute atomic E-state index is 0.292. The van der Waals surface area contributed by atoms with Crippen LogP contribution in [0.2, 0.25) is 0 Å². The molecule has 2 heterocycles. The summed E-state index contributed by atoms with van der Waals surface area (Å²) in [5, 5.41) is 74.2. The summed E-state index contributed by atoms with van der Waals surface area (Å²) in [5.41, 5.74) is 11.2. The Morgan fingerprint density at radius 3 is 1.12 bits per heavy atom. The molecule has 0 spiro atoms. The molecule has 0 aliphatic carbocycles. The molecule has 0 amide bonds. The Kier molecular flexibility index (Phi) is 8.98. The highest BCUT2D eigenvalue weighted by Crippen LogP contribution is 2.44. The van der Waals surface area contributed by atoms with Crippen LogP contribution in [0.3, 0.4) is 0 Å². The number of hydrogen-bond donors (Lipinski definition) is 0. The minimum Gasteiger partial charge on any atom is -0.308 e. The molecular weight excluding hydrogens is 787 g/mol. The predicted molar refractivity (Wildman–Crippen MR) is 244 cm³/mol. The van der Waals surface area contributed by atoms with E-state index in [4.69, 9.17) is 0 Å². The van der Waals surface area contributed by atoms with Gasteiger partial charge < -0.3 is 9.13 Å². The van der Waals surface area contributed by atoms with E-state index in [1.54, 1.807) is 54.6 Å². The highest BCUT2D eigenvalue weighted by atomic mass is 15.0. The van der Waals surface area contributed by atoms with E-state index < -0.39 is 0 Å². The van der Waals surface area contributed by atoms with Gasteiger partial charge in [0.2, 0.25) is 0 Å². The molecule has 10 aromatic rings. The van der Waals surface area contributed by atoms with E-state index in [1.165, 1.54) is 0 Å². The standard InChI is InChI=1S/C55H25N9/c56-26-33-9-13-43(41(18-33)31-61)38-11-15-51-47(24-38)45-5-1-3-7-49(45)63(51)53-22-37(30-60)23-54(55(53)40-20-35(28-58)17-36(21-40)29-59)64-50-8-4-2-6-46(50)48-25-39(12-16-52(48)64)44-14-10-34(27-57)19-42(44)32-62/h1-25H. The van der Waals surface area contributed by atoms with Crippen LogP contribution in [-0.2, 0) is 0 Å². The summed E-state index contributed by atoms with van der Waals surface area (Å²) in [4.78, 5) is 0. The van der Waals surface area contributed by atoms with Crippen molar-refractivity contribution in [1.82, 2.24) is 9.13 Å². The third kappa shape index (κ3) is 5.95. The summed E-state index contributed by atoms with van der Waals surface area (Å²) < 4.78 is 4.20. The van der Waals surface area contributed by atoms with Crippen molar-refractivity contribution >= 4 is 43.6 Å². The first kappa shape index (κ1) is 38.0. The van der Waals surface area contributed by atoms with Crippen LogP contribution < -0.4 is 0 Å². The maximum atomic E-state index is 10.8. The largest absolute Gasteiger partial charge is 0.308 e. The van der Waals surface area contributed by atoms with E-state index in [0.717, 1.165) is 54.7 Å². The van der Waals surface area contributed by atoms with Crippen LogP contribution >= 0.6 is 0 Å². The summed E-state index contributed by atoms with van der Waals surface area (Å²) >= 11 is 0. The van der Waals surface area contributed by atoms with Gasteiger partial charge in [-0.1, -0.05) is 60.7 Å². The molecule has 0 aliphatic heterocycles. The smallest absolute Gasteiger partial charge is 0.0998 e. The van der Waals surface area contributed by atoms with Gasteiger partial charge in [-0.3, -0.25) is 0 Å². The van der Waals surface area contributed by atoms with Crippen molar-refractivity contribution in [3.8, 4) is 87.2 Å². The molecule has 0 aliphatic rings. The molecule has 10 rings (SSSR count). The zero-order valence-electron chi connectivity index (χ0n) is 33.5. The third-order valence-corrected chi connectivity index (χ3v) is 11.7. The average molecular weight is 812 g/mol. The normalized spacial score (nSPS) is 10.7. The number of rotatable bonds is 5. The molecule has 9 nitrogen and oxygen atoms in total. The van der Waals surface area contributed by atoms with E-state index in [0.29, 0.717) is 72.6 Å². The molecular formula is C55H25N9. The third-order valence-electron chi connectivity index (χ3n) is 11.7. The second-order valence-corrected chi connectivity index (χ2v) is 15.2. The number of aromatic nitrogens is 2. The van der Waals surface area contributed by atoms with Crippen LogP contribution in [0.25, 0.3) is 88.4 Å². The molecule has 0 saturated carbocycles. The monoisotopic (exact) mass is 811 g/mol. The highest BCUT2D eigenvalue weighted by Gasteiger charge is 2.25. The van der Waals surface area contributed by atoms with Gasteiger partial charge in [0.05, 0.1) is 115 Å². The Bertz CT molecular complexity index is 3750. The predicted octanol–water partition coefficient (Wildman–Crippen LogP) is 12.0. The van der Waals surface area contributed by atoms with Crippen molar-refractivity contribution in [2.24, 2.45) is 0 Å². The number of fused-ring (bicyclic) bond motifs is 6. The molecule has 64 heavy (non-hydrogen) atoms. The lowest BCUT2D eigenvalue weighted by Crippen LogP contribution is -2.05. The van der Waals surface area contributed by atoms with Crippen molar-refractivity contribution in [3.05, 3.63) is 191 Å². The lowest BCUT2D eigenvalue weighted by Gasteiger charge is -2.21. The summed E-state index contributed by atoms with van der Waals surface area (Å²) in [6.45, 7) is 0. The van der Waals surface area contributed by atoms with Gasteiger partial charge >= 0.3 is 0 Å². The first-order valence-electron chi connectivity index (χ1n) is 19.9. The number of nitrogens with zero attached hydrogens (tertiary/aromatic N) is 9. The van der Waals surface area contributed by atoms with Crippen LogP contribution in [0.4, 0.5) is 0 Å². The second-order valence-electron chi connectivity index (χ2n) is 15.2. The second kappa shape index (κ2) is 15.1. The van der Waals surface area contributed by atoms with Crippen molar-refractivity contribution in [2.45, 2.75) is 0 Å². The van der Waals surface area contributed by atoms with E-state index in [2.05, 4.69) is 51.6 Å². The zero-order chi connectivity index (χ0) is 44.1. The van der Waals surface area contributed by atoms with Gasteiger partial charge in [-0.05, 0) is 119 Å². The van der Waals surface area contributed by atoms with Crippen LogP contribution in [-0.4, -0.2) is 9.13 Å². The maximum absolute atomic E-state index is 10.8. The van der Waals surface area contributed by atoms with Crippen molar-refractivity contribution < 1.29 is 0 Å². The minimum atomic E-state index is 0.292. The Balaban J connectivity index is 1.32. The number of nitriles is 7. The van der Waals surface area contributed by atoms with Gasteiger partial charge in [-0.2, -0.15) is 36.8 Å². The molecule has 9 heteroatoms. The lowest BCUT2D eigenvalue weighted by molar-refractivity contribution is 1.13. The Morgan fingerprint density at radius 2 is 0.703 bits per heavy atom. The number of para-hydroxylation sites is 2. The fourth-order valence-electron chi connectivity index (χ4n) is 8.94. The zero-order valence-corrected chi connectivity index (χ0v) is 33.5. The molecule has 2 aromatic heterocycles. The van der Waals surface area contributed by atoms with Gasteiger partial charge in [0.1, 0.15) is 0 Å².